The van der Waals surface area contributed by atoms with Crippen LogP contribution in [0.25, 0.3) is 0 Å². The van der Waals surface area contributed by atoms with Gasteiger partial charge in [0.15, 0.2) is 0 Å². The first-order valence-electron chi connectivity index (χ1n) is 5.49. The Morgan fingerprint density at radius 3 is 2.72 bits per heavy atom. The number of hydrogen-bond donors (Lipinski definition) is 2. The molecule has 0 aromatic heterocycles. The molecule has 2 rings (SSSR count). The van der Waals surface area contributed by atoms with Crippen molar-refractivity contribution >= 4 is 17.3 Å². The van der Waals surface area contributed by atoms with Gasteiger partial charge in [-0.25, -0.2) is 4.39 Å². The van der Waals surface area contributed by atoms with Crippen LogP contribution in [0, 0.1) is 12.7 Å². The third kappa shape index (κ3) is 2.66. The summed E-state index contributed by atoms with van der Waals surface area (Å²) < 4.78 is 13.1. The molecule has 0 fully saturated rings. The Bertz CT molecular complexity index is 596. The van der Waals surface area contributed by atoms with Crippen molar-refractivity contribution in [2.24, 2.45) is 0 Å². The summed E-state index contributed by atoms with van der Waals surface area (Å²) in [5.74, 6) is -0.906. The fourth-order valence-electron chi connectivity index (χ4n) is 1.65. The van der Waals surface area contributed by atoms with Crippen LogP contribution in [0.15, 0.2) is 42.5 Å². The fraction of sp³-hybridized carbons (Fsp3) is 0.0714. The van der Waals surface area contributed by atoms with Crippen LogP contribution in [-0.2, 0) is 0 Å². The van der Waals surface area contributed by atoms with Gasteiger partial charge in [-0.3, -0.25) is 4.79 Å². The summed E-state index contributed by atoms with van der Waals surface area (Å²) >= 11 is 0. The Hall–Kier alpha value is -2.36. The van der Waals surface area contributed by atoms with Crippen molar-refractivity contribution in [2.75, 3.05) is 11.1 Å². The predicted octanol–water partition coefficient (Wildman–Crippen LogP) is 2.97. The fourth-order valence-corrected chi connectivity index (χ4v) is 1.65. The Kier molecular flexibility index (Phi) is 3.28. The minimum atomic E-state index is -0.487. The zero-order valence-corrected chi connectivity index (χ0v) is 9.91. The highest BCUT2D eigenvalue weighted by atomic mass is 19.1. The van der Waals surface area contributed by atoms with Gasteiger partial charge in [-0.15, -0.1) is 0 Å². The third-order valence-electron chi connectivity index (χ3n) is 2.54. The second-order valence-electron chi connectivity index (χ2n) is 4.06. The Labute approximate surface area is 104 Å². The molecule has 3 N–H and O–H groups in total. The molecule has 0 atom stereocenters. The number of carbonyl (C=O) groups excluding carboxylic acids is 1. The van der Waals surface area contributed by atoms with Gasteiger partial charge in [0, 0.05) is 11.4 Å². The molecule has 2 aromatic rings. The number of anilines is 2. The highest BCUT2D eigenvalue weighted by molar-refractivity contribution is 6.07. The second-order valence-corrected chi connectivity index (χ2v) is 4.06. The zero-order valence-electron chi connectivity index (χ0n) is 9.91. The average molecular weight is 244 g/mol. The lowest BCUT2D eigenvalue weighted by atomic mass is 10.1. The van der Waals surface area contributed by atoms with Gasteiger partial charge in [-0.05, 0) is 42.8 Å². The minimum Gasteiger partial charge on any atom is -0.398 e. The monoisotopic (exact) mass is 244 g/mol. The van der Waals surface area contributed by atoms with E-state index in [0.717, 1.165) is 11.6 Å². The first-order chi connectivity index (χ1) is 8.56. The predicted molar refractivity (Wildman–Crippen MR) is 69.9 cm³/mol. The average Bonchev–Trinajstić information content (AvgIpc) is 2.32. The van der Waals surface area contributed by atoms with Gasteiger partial charge >= 0.3 is 0 Å². The van der Waals surface area contributed by atoms with Crippen LogP contribution in [0.1, 0.15) is 15.9 Å². The molecule has 0 aliphatic rings. The van der Waals surface area contributed by atoms with E-state index in [2.05, 4.69) is 5.32 Å². The number of hydrogen-bond acceptors (Lipinski definition) is 2. The van der Waals surface area contributed by atoms with E-state index >= 15 is 0 Å². The Morgan fingerprint density at radius 2 is 2.00 bits per heavy atom. The summed E-state index contributed by atoms with van der Waals surface area (Å²) in [6, 6.07) is 11.1. The van der Waals surface area contributed by atoms with Gasteiger partial charge in [0.2, 0.25) is 0 Å². The number of nitrogens with two attached hydrogens (primary N) is 1. The van der Waals surface area contributed by atoms with Crippen LogP contribution in [-0.4, -0.2) is 5.91 Å². The lowest BCUT2D eigenvalue weighted by Crippen LogP contribution is -2.14. The molecule has 92 valence electrons. The first-order valence-corrected chi connectivity index (χ1v) is 5.49. The number of aryl methyl sites for hydroxylation is 1. The van der Waals surface area contributed by atoms with Gasteiger partial charge in [0.05, 0.1) is 5.56 Å². The zero-order chi connectivity index (χ0) is 13.1. The summed E-state index contributed by atoms with van der Waals surface area (Å²) in [5.41, 5.74) is 7.72. The van der Waals surface area contributed by atoms with E-state index in [4.69, 9.17) is 5.73 Å². The number of nitrogen functional groups attached to an aromatic ring is 1. The van der Waals surface area contributed by atoms with Crippen molar-refractivity contribution in [3.05, 3.63) is 59.4 Å². The highest BCUT2D eigenvalue weighted by Crippen LogP contribution is 2.16. The Morgan fingerprint density at radius 1 is 1.22 bits per heavy atom. The summed E-state index contributed by atoms with van der Waals surface area (Å²) in [6.07, 6.45) is 0. The summed E-state index contributed by atoms with van der Waals surface area (Å²) in [4.78, 5) is 11.9. The van der Waals surface area contributed by atoms with Gasteiger partial charge in [0.25, 0.3) is 5.91 Å². The normalized spacial score (nSPS) is 10.1. The molecule has 0 saturated heterocycles. The van der Waals surface area contributed by atoms with Crippen LogP contribution in [0.2, 0.25) is 0 Å². The number of carbonyl (C=O) groups is 1. The number of rotatable bonds is 2. The number of halogens is 1. The lowest BCUT2D eigenvalue weighted by molar-refractivity contribution is 0.102. The second kappa shape index (κ2) is 4.87. The van der Waals surface area contributed by atoms with E-state index < -0.39 is 11.7 Å². The molecule has 0 unspecified atom stereocenters. The number of nitrogens with one attached hydrogen (secondary N) is 1. The van der Waals surface area contributed by atoms with Crippen LogP contribution >= 0.6 is 0 Å². The molecular formula is C14H13FN2O. The van der Waals surface area contributed by atoms with Crippen LogP contribution in [0.3, 0.4) is 0 Å². The van der Waals surface area contributed by atoms with Crippen LogP contribution < -0.4 is 11.1 Å². The molecule has 3 nitrogen and oxygen atoms in total. The van der Waals surface area contributed by atoms with Gasteiger partial charge < -0.3 is 11.1 Å². The summed E-state index contributed by atoms with van der Waals surface area (Å²) in [6.45, 7) is 1.92. The molecule has 2 aromatic carbocycles. The van der Waals surface area contributed by atoms with Crippen molar-refractivity contribution in [3.63, 3.8) is 0 Å². The van der Waals surface area contributed by atoms with Crippen LogP contribution in [0.4, 0.5) is 15.8 Å². The van der Waals surface area contributed by atoms with Gasteiger partial charge in [0.1, 0.15) is 5.82 Å². The number of amides is 1. The van der Waals surface area contributed by atoms with E-state index in [9.17, 15) is 9.18 Å². The van der Waals surface area contributed by atoms with E-state index in [1.54, 1.807) is 6.07 Å². The van der Waals surface area contributed by atoms with E-state index in [1.165, 1.54) is 12.1 Å². The van der Waals surface area contributed by atoms with Crippen molar-refractivity contribution < 1.29 is 9.18 Å². The highest BCUT2D eigenvalue weighted by Gasteiger charge is 2.11. The quantitative estimate of drug-likeness (QED) is 0.798. The van der Waals surface area contributed by atoms with Crippen molar-refractivity contribution in [2.45, 2.75) is 6.92 Å². The van der Waals surface area contributed by atoms with Crippen LogP contribution in [0.5, 0.6) is 0 Å². The molecule has 0 radical (unpaired) electrons. The largest absolute Gasteiger partial charge is 0.398 e. The van der Waals surface area contributed by atoms with E-state index in [0.29, 0.717) is 5.69 Å². The van der Waals surface area contributed by atoms with Crippen molar-refractivity contribution in [1.82, 2.24) is 0 Å². The number of benzene rings is 2. The third-order valence-corrected chi connectivity index (χ3v) is 2.54. The molecule has 4 heteroatoms. The van der Waals surface area contributed by atoms with Gasteiger partial charge in [-0.2, -0.15) is 0 Å². The first kappa shape index (κ1) is 12.1. The maximum Gasteiger partial charge on any atom is 0.257 e. The molecule has 0 heterocycles. The molecule has 0 aliphatic heterocycles. The maximum absolute atomic E-state index is 13.1. The van der Waals surface area contributed by atoms with Gasteiger partial charge in [-0.1, -0.05) is 12.1 Å². The van der Waals surface area contributed by atoms with Crippen molar-refractivity contribution in [1.29, 1.82) is 0 Å². The molecule has 0 bridgehead atoms. The van der Waals surface area contributed by atoms with E-state index in [-0.39, 0.29) is 11.3 Å². The molecule has 0 saturated carbocycles. The lowest BCUT2D eigenvalue weighted by Gasteiger charge is -2.08. The molecule has 0 spiro atoms. The molecule has 18 heavy (non-hydrogen) atoms. The standard InChI is InChI=1S/C14H13FN2O/c1-9-3-2-4-11(7-9)17-14(18)12-8-10(15)5-6-13(12)16/h2-8H,16H2,1H3,(H,17,18). The Balaban J connectivity index is 2.24. The maximum atomic E-state index is 13.1. The topological polar surface area (TPSA) is 55.1 Å². The minimum absolute atomic E-state index is 0.136. The van der Waals surface area contributed by atoms with Crippen molar-refractivity contribution in [3.8, 4) is 0 Å². The summed E-state index contributed by atoms with van der Waals surface area (Å²) in [7, 11) is 0. The smallest absolute Gasteiger partial charge is 0.257 e. The molecular weight excluding hydrogens is 231 g/mol. The molecule has 0 aliphatic carbocycles. The SMILES string of the molecule is Cc1cccc(NC(=O)c2cc(F)ccc2N)c1. The summed E-state index contributed by atoms with van der Waals surface area (Å²) in [5, 5.41) is 2.68. The molecule has 1 amide bonds. The van der Waals surface area contributed by atoms with E-state index in [1.807, 2.05) is 25.1 Å².